The third-order valence-corrected chi connectivity index (χ3v) is 4.25. The SMILES string of the molecule is c1cc(C[C@@H]2COC[C@H]2NC2CCCC2)ccn1. The Balaban J connectivity index is 1.57. The second kappa shape index (κ2) is 5.81. The summed E-state index contributed by atoms with van der Waals surface area (Å²) in [7, 11) is 0. The van der Waals surface area contributed by atoms with Crippen molar-refractivity contribution in [2.24, 2.45) is 5.92 Å². The fourth-order valence-electron chi connectivity index (χ4n) is 3.20. The summed E-state index contributed by atoms with van der Waals surface area (Å²) in [5, 5.41) is 3.81. The molecule has 1 aliphatic carbocycles. The predicted molar refractivity (Wildman–Crippen MR) is 71.4 cm³/mol. The van der Waals surface area contributed by atoms with Crippen LogP contribution in [0.3, 0.4) is 0 Å². The van der Waals surface area contributed by atoms with Crippen LogP contribution in [-0.2, 0) is 11.2 Å². The van der Waals surface area contributed by atoms with E-state index in [0.29, 0.717) is 12.0 Å². The summed E-state index contributed by atoms with van der Waals surface area (Å²) in [5.74, 6) is 0.619. The second-order valence-electron chi connectivity index (χ2n) is 5.61. The Hall–Kier alpha value is -0.930. The van der Waals surface area contributed by atoms with E-state index in [9.17, 15) is 0 Å². The summed E-state index contributed by atoms with van der Waals surface area (Å²) in [5.41, 5.74) is 1.37. The second-order valence-corrected chi connectivity index (χ2v) is 5.61. The fraction of sp³-hybridized carbons (Fsp3) is 0.667. The molecule has 1 saturated heterocycles. The maximum absolute atomic E-state index is 5.67. The molecule has 0 bridgehead atoms. The first-order valence-electron chi connectivity index (χ1n) is 7.14. The number of pyridine rings is 1. The summed E-state index contributed by atoms with van der Waals surface area (Å²) >= 11 is 0. The van der Waals surface area contributed by atoms with Crippen molar-refractivity contribution in [2.75, 3.05) is 13.2 Å². The maximum Gasteiger partial charge on any atom is 0.0623 e. The van der Waals surface area contributed by atoms with Crippen LogP contribution in [0.5, 0.6) is 0 Å². The highest BCUT2D eigenvalue weighted by Gasteiger charge is 2.30. The molecule has 1 aromatic heterocycles. The molecule has 1 aliphatic heterocycles. The van der Waals surface area contributed by atoms with E-state index in [4.69, 9.17) is 4.74 Å². The molecule has 1 saturated carbocycles. The molecule has 98 valence electrons. The van der Waals surface area contributed by atoms with Gasteiger partial charge in [-0.2, -0.15) is 0 Å². The van der Waals surface area contributed by atoms with Crippen LogP contribution in [0.1, 0.15) is 31.2 Å². The molecule has 1 aromatic rings. The lowest BCUT2D eigenvalue weighted by molar-refractivity contribution is 0.181. The molecule has 2 fully saturated rings. The molecule has 3 rings (SSSR count). The van der Waals surface area contributed by atoms with Crippen molar-refractivity contribution in [1.29, 1.82) is 0 Å². The Labute approximate surface area is 109 Å². The lowest BCUT2D eigenvalue weighted by Gasteiger charge is -2.23. The van der Waals surface area contributed by atoms with Gasteiger partial charge in [-0.3, -0.25) is 4.98 Å². The van der Waals surface area contributed by atoms with Gasteiger partial charge in [-0.25, -0.2) is 0 Å². The van der Waals surface area contributed by atoms with Crippen LogP contribution in [0.15, 0.2) is 24.5 Å². The quantitative estimate of drug-likeness (QED) is 0.884. The van der Waals surface area contributed by atoms with Crippen LogP contribution >= 0.6 is 0 Å². The molecule has 0 aromatic carbocycles. The minimum absolute atomic E-state index is 0.543. The normalized spacial score (nSPS) is 28.9. The van der Waals surface area contributed by atoms with Crippen LogP contribution in [0.25, 0.3) is 0 Å². The van der Waals surface area contributed by atoms with E-state index in [1.54, 1.807) is 0 Å². The highest BCUT2D eigenvalue weighted by molar-refractivity contribution is 5.11. The summed E-state index contributed by atoms with van der Waals surface area (Å²) < 4.78 is 5.67. The van der Waals surface area contributed by atoms with Crippen molar-refractivity contribution >= 4 is 0 Å². The smallest absolute Gasteiger partial charge is 0.0623 e. The van der Waals surface area contributed by atoms with Crippen molar-refractivity contribution in [3.8, 4) is 0 Å². The van der Waals surface area contributed by atoms with Gasteiger partial charge in [0.2, 0.25) is 0 Å². The molecule has 2 aliphatic rings. The highest BCUT2D eigenvalue weighted by Crippen LogP contribution is 2.23. The third-order valence-electron chi connectivity index (χ3n) is 4.25. The molecule has 0 unspecified atom stereocenters. The van der Waals surface area contributed by atoms with Crippen molar-refractivity contribution in [1.82, 2.24) is 10.3 Å². The molecule has 2 atom stereocenters. The summed E-state index contributed by atoms with van der Waals surface area (Å²) in [6.45, 7) is 1.78. The van der Waals surface area contributed by atoms with Gasteiger partial charge in [-0.1, -0.05) is 12.8 Å². The van der Waals surface area contributed by atoms with Crippen LogP contribution in [0.4, 0.5) is 0 Å². The van der Waals surface area contributed by atoms with Gasteiger partial charge >= 0.3 is 0 Å². The van der Waals surface area contributed by atoms with E-state index in [0.717, 1.165) is 25.7 Å². The predicted octanol–water partition coefficient (Wildman–Crippen LogP) is 2.17. The molecule has 0 amide bonds. The lowest BCUT2D eigenvalue weighted by atomic mass is 9.95. The first kappa shape index (κ1) is 12.1. The number of aromatic nitrogens is 1. The largest absolute Gasteiger partial charge is 0.379 e. The molecule has 0 radical (unpaired) electrons. The van der Waals surface area contributed by atoms with Gasteiger partial charge < -0.3 is 10.1 Å². The monoisotopic (exact) mass is 246 g/mol. The van der Waals surface area contributed by atoms with Gasteiger partial charge in [0.15, 0.2) is 0 Å². The first-order valence-corrected chi connectivity index (χ1v) is 7.14. The zero-order chi connectivity index (χ0) is 12.2. The van der Waals surface area contributed by atoms with Crippen LogP contribution in [0, 0.1) is 5.92 Å². The Morgan fingerprint density at radius 1 is 1.17 bits per heavy atom. The van der Waals surface area contributed by atoms with Crippen LogP contribution in [-0.4, -0.2) is 30.3 Å². The minimum atomic E-state index is 0.543. The molecule has 3 nitrogen and oxygen atoms in total. The average molecular weight is 246 g/mol. The standard InChI is InChI=1S/C15H22N2O/c1-2-4-14(3-1)17-15-11-18-10-13(15)9-12-5-7-16-8-6-12/h5-8,13-15,17H,1-4,9-11H2/t13-,15-/m1/s1. The van der Waals surface area contributed by atoms with E-state index >= 15 is 0 Å². The van der Waals surface area contributed by atoms with E-state index in [2.05, 4.69) is 22.4 Å². The van der Waals surface area contributed by atoms with Gasteiger partial charge in [0, 0.05) is 30.4 Å². The van der Waals surface area contributed by atoms with Crippen molar-refractivity contribution in [3.63, 3.8) is 0 Å². The van der Waals surface area contributed by atoms with E-state index in [1.807, 2.05) is 12.4 Å². The molecule has 0 spiro atoms. The lowest BCUT2D eigenvalue weighted by Crippen LogP contribution is -2.42. The fourth-order valence-corrected chi connectivity index (χ4v) is 3.20. The maximum atomic E-state index is 5.67. The summed E-state index contributed by atoms with van der Waals surface area (Å²) in [6.07, 6.45) is 10.3. The molecule has 3 heteroatoms. The summed E-state index contributed by atoms with van der Waals surface area (Å²) in [6, 6.07) is 5.51. The van der Waals surface area contributed by atoms with Gasteiger partial charge in [0.25, 0.3) is 0 Å². The van der Waals surface area contributed by atoms with E-state index in [-0.39, 0.29) is 0 Å². The Morgan fingerprint density at radius 3 is 2.72 bits per heavy atom. The van der Waals surface area contributed by atoms with Crippen molar-refractivity contribution in [3.05, 3.63) is 30.1 Å². The third kappa shape index (κ3) is 2.90. The molecular weight excluding hydrogens is 224 g/mol. The van der Waals surface area contributed by atoms with E-state index < -0.39 is 0 Å². The zero-order valence-corrected chi connectivity index (χ0v) is 10.8. The molecule has 1 N–H and O–H groups in total. The zero-order valence-electron chi connectivity index (χ0n) is 10.8. The average Bonchev–Trinajstić information content (AvgIpc) is 3.04. The number of hydrogen-bond donors (Lipinski definition) is 1. The Kier molecular flexibility index (Phi) is 3.91. The number of nitrogens with zero attached hydrogens (tertiary/aromatic N) is 1. The molecular formula is C15H22N2O. The summed E-state index contributed by atoms with van der Waals surface area (Å²) in [4.78, 5) is 4.08. The number of hydrogen-bond acceptors (Lipinski definition) is 3. The van der Waals surface area contributed by atoms with Crippen molar-refractivity contribution < 1.29 is 4.74 Å². The first-order chi connectivity index (χ1) is 8.92. The Morgan fingerprint density at radius 2 is 1.94 bits per heavy atom. The van der Waals surface area contributed by atoms with Crippen molar-refractivity contribution in [2.45, 2.75) is 44.2 Å². The van der Waals surface area contributed by atoms with Crippen LogP contribution < -0.4 is 5.32 Å². The van der Waals surface area contributed by atoms with Gasteiger partial charge in [0.05, 0.1) is 13.2 Å². The van der Waals surface area contributed by atoms with Crippen LogP contribution in [0.2, 0.25) is 0 Å². The van der Waals surface area contributed by atoms with Gasteiger partial charge in [-0.15, -0.1) is 0 Å². The van der Waals surface area contributed by atoms with E-state index in [1.165, 1.54) is 31.2 Å². The van der Waals surface area contributed by atoms with Gasteiger partial charge in [-0.05, 0) is 37.0 Å². The molecule has 2 heterocycles. The highest BCUT2D eigenvalue weighted by atomic mass is 16.5. The molecule has 18 heavy (non-hydrogen) atoms. The number of ether oxygens (including phenoxy) is 1. The number of rotatable bonds is 4. The Bertz CT molecular complexity index is 362. The topological polar surface area (TPSA) is 34.1 Å². The van der Waals surface area contributed by atoms with Gasteiger partial charge in [0.1, 0.15) is 0 Å². The minimum Gasteiger partial charge on any atom is -0.379 e. The number of nitrogens with one attached hydrogen (secondary N) is 1.